The Labute approximate surface area is 479 Å². The SMILES string of the molecule is CC/C=C\C/C=C\C/C=C\CCCCCC(=O)OCC(COC(=O)CCCCCCCCCCCCCCCCCCCCCCCCCCCCCCC)OC(=O)CCCCCCCCC/C=C\C/C=C\CCCCC. The molecular formula is C71H128O6. The van der Waals surface area contributed by atoms with Gasteiger partial charge in [-0.15, -0.1) is 0 Å². The maximum atomic E-state index is 12.9. The van der Waals surface area contributed by atoms with Crippen LogP contribution < -0.4 is 0 Å². The monoisotopic (exact) mass is 1080 g/mol. The van der Waals surface area contributed by atoms with E-state index in [0.29, 0.717) is 19.3 Å². The van der Waals surface area contributed by atoms with Gasteiger partial charge in [-0.3, -0.25) is 14.4 Å². The van der Waals surface area contributed by atoms with Crippen LogP contribution >= 0.6 is 0 Å². The summed E-state index contributed by atoms with van der Waals surface area (Å²) in [6.07, 6.45) is 84.0. The Kier molecular flexibility index (Phi) is 63.2. The fourth-order valence-corrected chi connectivity index (χ4v) is 9.96. The van der Waals surface area contributed by atoms with Gasteiger partial charge in [0.25, 0.3) is 0 Å². The molecule has 0 saturated heterocycles. The summed E-state index contributed by atoms with van der Waals surface area (Å²) in [5.41, 5.74) is 0. The first-order valence-electron chi connectivity index (χ1n) is 33.8. The van der Waals surface area contributed by atoms with Crippen molar-refractivity contribution in [1.82, 2.24) is 0 Å². The minimum absolute atomic E-state index is 0.0840. The van der Waals surface area contributed by atoms with Gasteiger partial charge in [-0.1, -0.05) is 313 Å². The lowest BCUT2D eigenvalue weighted by Gasteiger charge is -2.18. The predicted molar refractivity (Wildman–Crippen MR) is 335 cm³/mol. The first-order chi connectivity index (χ1) is 38.0. The summed E-state index contributed by atoms with van der Waals surface area (Å²) in [6, 6.07) is 0. The van der Waals surface area contributed by atoms with Gasteiger partial charge in [-0.25, -0.2) is 0 Å². The molecule has 0 fully saturated rings. The van der Waals surface area contributed by atoms with Crippen molar-refractivity contribution in [2.24, 2.45) is 0 Å². The van der Waals surface area contributed by atoms with Crippen LogP contribution in [0.1, 0.15) is 355 Å². The van der Waals surface area contributed by atoms with Crippen LogP contribution in [0.3, 0.4) is 0 Å². The highest BCUT2D eigenvalue weighted by atomic mass is 16.6. The van der Waals surface area contributed by atoms with E-state index in [1.807, 2.05) is 0 Å². The molecule has 0 N–H and O–H groups in total. The lowest BCUT2D eigenvalue weighted by atomic mass is 10.0. The van der Waals surface area contributed by atoms with Crippen LogP contribution in [0.25, 0.3) is 0 Å². The number of allylic oxidation sites excluding steroid dienone is 10. The molecule has 0 aromatic heterocycles. The smallest absolute Gasteiger partial charge is 0.306 e. The van der Waals surface area contributed by atoms with Gasteiger partial charge >= 0.3 is 17.9 Å². The summed E-state index contributed by atoms with van der Waals surface area (Å²) in [4.78, 5) is 38.3. The molecule has 77 heavy (non-hydrogen) atoms. The molecule has 0 aromatic carbocycles. The molecule has 6 heteroatoms. The second kappa shape index (κ2) is 65.6. The van der Waals surface area contributed by atoms with Crippen molar-refractivity contribution in [3.63, 3.8) is 0 Å². The molecule has 0 aliphatic carbocycles. The Hall–Kier alpha value is -2.89. The normalized spacial score (nSPS) is 12.4. The summed E-state index contributed by atoms with van der Waals surface area (Å²) in [5, 5.41) is 0. The number of ether oxygens (including phenoxy) is 3. The summed E-state index contributed by atoms with van der Waals surface area (Å²) >= 11 is 0. The van der Waals surface area contributed by atoms with Crippen molar-refractivity contribution in [3.05, 3.63) is 60.8 Å². The van der Waals surface area contributed by atoms with Gasteiger partial charge in [0, 0.05) is 19.3 Å². The van der Waals surface area contributed by atoms with Crippen molar-refractivity contribution in [3.8, 4) is 0 Å². The van der Waals surface area contributed by atoms with Crippen LogP contribution in [-0.4, -0.2) is 37.2 Å². The minimum Gasteiger partial charge on any atom is -0.462 e. The van der Waals surface area contributed by atoms with E-state index >= 15 is 0 Å². The highest BCUT2D eigenvalue weighted by molar-refractivity contribution is 5.71. The number of carbonyl (C=O) groups excluding carboxylic acids is 3. The molecule has 0 spiro atoms. The number of unbranched alkanes of at least 4 members (excludes halogenated alkanes) is 41. The Morgan fingerprint density at radius 2 is 0.506 bits per heavy atom. The van der Waals surface area contributed by atoms with E-state index in [0.717, 1.165) is 96.3 Å². The van der Waals surface area contributed by atoms with Gasteiger partial charge in [-0.2, -0.15) is 0 Å². The quantitative estimate of drug-likeness (QED) is 0.0261. The van der Waals surface area contributed by atoms with Crippen LogP contribution in [0.15, 0.2) is 60.8 Å². The molecule has 0 radical (unpaired) electrons. The lowest BCUT2D eigenvalue weighted by Crippen LogP contribution is -2.30. The molecule has 0 saturated carbocycles. The van der Waals surface area contributed by atoms with Gasteiger partial charge < -0.3 is 14.2 Å². The van der Waals surface area contributed by atoms with E-state index < -0.39 is 6.10 Å². The van der Waals surface area contributed by atoms with Crippen LogP contribution in [0.2, 0.25) is 0 Å². The highest BCUT2D eigenvalue weighted by Gasteiger charge is 2.19. The number of carbonyl (C=O) groups is 3. The average Bonchev–Trinajstić information content (AvgIpc) is 3.43. The van der Waals surface area contributed by atoms with Crippen molar-refractivity contribution in [1.29, 1.82) is 0 Å². The summed E-state index contributed by atoms with van der Waals surface area (Å²) in [6.45, 7) is 6.52. The largest absolute Gasteiger partial charge is 0.462 e. The fourth-order valence-electron chi connectivity index (χ4n) is 9.96. The van der Waals surface area contributed by atoms with E-state index in [1.165, 1.54) is 218 Å². The Morgan fingerprint density at radius 3 is 0.831 bits per heavy atom. The van der Waals surface area contributed by atoms with Crippen LogP contribution in [-0.2, 0) is 28.6 Å². The number of hydrogen-bond acceptors (Lipinski definition) is 6. The molecule has 0 heterocycles. The second-order valence-electron chi connectivity index (χ2n) is 22.7. The molecule has 0 amide bonds. The summed E-state index contributed by atoms with van der Waals surface area (Å²) in [7, 11) is 0. The maximum absolute atomic E-state index is 12.9. The number of rotatable bonds is 62. The highest BCUT2D eigenvalue weighted by Crippen LogP contribution is 2.18. The molecule has 448 valence electrons. The zero-order valence-electron chi connectivity index (χ0n) is 51.5. The summed E-state index contributed by atoms with van der Waals surface area (Å²) in [5.74, 6) is -0.905. The van der Waals surface area contributed by atoms with Crippen molar-refractivity contribution < 1.29 is 28.6 Å². The third kappa shape index (κ3) is 63.8. The van der Waals surface area contributed by atoms with Crippen molar-refractivity contribution in [2.75, 3.05) is 13.2 Å². The molecule has 1 unspecified atom stereocenters. The second-order valence-corrected chi connectivity index (χ2v) is 22.7. The third-order valence-corrected chi connectivity index (χ3v) is 15.0. The Bertz CT molecular complexity index is 1380. The fraction of sp³-hybridized carbons (Fsp3) is 0.817. The minimum atomic E-state index is -0.790. The van der Waals surface area contributed by atoms with E-state index in [9.17, 15) is 14.4 Å². The third-order valence-electron chi connectivity index (χ3n) is 15.0. The standard InChI is InChI=1S/C71H128O6/c1-4-7-10-13-16-19-22-25-27-29-30-31-32-33-34-35-36-37-38-39-40-42-43-46-49-52-55-58-61-64-70(73)76-67-68(66-75-69(72)63-60-57-54-51-48-45-24-21-18-15-12-9-6-3)77-71(74)65-62-59-56-53-50-47-44-41-28-26-23-20-17-14-11-8-5-2/h9,12,17-18,20-21,26,28,45,48,68H,4-8,10-11,13-16,19,22-25,27,29-44,46-47,49-67H2,1-3H3/b12-9-,20-17-,21-18-,28-26-,48-45-. The topological polar surface area (TPSA) is 78.9 Å². The van der Waals surface area contributed by atoms with Gasteiger partial charge in [0.15, 0.2) is 6.10 Å². The van der Waals surface area contributed by atoms with E-state index in [2.05, 4.69) is 81.5 Å². The lowest BCUT2D eigenvalue weighted by molar-refractivity contribution is -0.167. The first kappa shape index (κ1) is 74.1. The molecule has 0 aromatic rings. The summed E-state index contributed by atoms with van der Waals surface area (Å²) < 4.78 is 16.9. The maximum Gasteiger partial charge on any atom is 0.306 e. The van der Waals surface area contributed by atoms with Gasteiger partial charge in [0.1, 0.15) is 13.2 Å². The average molecular weight is 1080 g/mol. The molecule has 0 aliphatic heterocycles. The number of hydrogen-bond donors (Lipinski definition) is 0. The van der Waals surface area contributed by atoms with Crippen LogP contribution in [0, 0.1) is 0 Å². The zero-order valence-corrected chi connectivity index (χ0v) is 51.5. The van der Waals surface area contributed by atoms with Crippen molar-refractivity contribution in [2.45, 2.75) is 361 Å². The molecule has 0 rings (SSSR count). The van der Waals surface area contributed by atoms with Gasteiger partial charge in [0.05, 0.1) is 0 Å². The van der Waals surface area contributed by atoms with E-state index in [-0.39, 0.29) is 31.1 Å². The van der Waals surface area contributed by atoms with Gasteiger partial charge in [0.2, 0.25) is 0 Å². The molecular weight excluding hydrogens is 949 g/mol. The Morgan fingerprint density at radius 1 is 0.273 bits per heavy atom. The van der Waals surface area contributed by atoms with Crippen LogP contribution in [0.4, 0.5) is 0 Å². The predicted octanol–water partition coefficient (Wildman–Crippen LogP) is 23.1. The van der Waals surface area contributed by atoms with Gasteiger partial charge in [-0.05, 0) is 83.5 Å². The van der Waals surface area contributed by atoms with Crippen molar-refractivity contribution >= 4 is 17.9 Å². The number of esters is 3. The Balaban J connectivity index is 4.19. The first-order valence-corrected chi connectivity index (χ1v) is 33.8. The van der Waals surface area contributed by atoms with E-state index in [4.69, 9.17) is 14.2 Å². The molecule has 6 nitrogen and oxygen atoms in total. The molecule has 1 atom stereocenters. The molecule has 0 aliphatic rings. The zero-order chi connectivity index (χ0) is 55.7. The van der Waals surface area contributed by atoms with Crippen LogP contribution in [0.5, 0.6) is 0 Å². The van der Waals surface area contributed by atoms with E-state index in [1.54, 1.807) is 0 Å². The molecule has 0 bridgehead atoms.